The van der Waals surface area contributed by atoms with E-state index in [0.717, 1.165) is 18.4 Å². The first-order chi connectivity index (χ1) is 7.65. The molecule has 3 nitrogen and oxygen atoms in total. The number of unbranched alkanes of at least 4 members (excludes halogenated alkanes) is 1. The minimum absolute atomic E-state index is 0.106. The molecular weight excluding hydrogens is 200 g/mol. The Kier molecular flexibility index (Phi) is 8.17. The van der Waals surface area contributed by atoms with E-state index in [2.05, 4.69) is 25.4 Å². The second kappa shape index (κ2) is 8.92. The highest BCUT2D eigenvalue weighted by molar-refractivity contribution is 5.81. The lowest BCUT2D eigenvalue weighted by molar-refractivity contribution is -0.122. The van der Waals surface area contributed by atoms with Crippen LogP contribution in [0, 0.1) is 0 Å². The molecule has 1 unspecified atom stereocenters. The molecule has 0 heterocycles. The number of hydrogen-bond acceptors (Lipinski definition) is 2. The summed E-state index contributed by atoms with van der Waals surface area (Å²) in [6.07, 6.45) is 7.71. The van der Waals surface area contributed by atoms with Crippen LogP contribution in [0.4, 0.5) is 0 Å². The molecule has 0 aliphatic rings. The van der Waals surface area contributed by atoms with Crippen LogP contribution in [-0.2, 0) is 4.79 Å². The molecule has 0 fully saturated rings. The van der Waals surface area contributed by atoms with Gasteiger partial charge in [0, 0.05) is 6.54 Å². The van der Waals surface area contributed by atoms with Crippen molar-refractivity contribution in [2.45, 2.75) is 32.2 Å². The Morgan fingerprint density at radius 3 is 2.69 bits per heavy atom. The Hall–Kier alpha value is -1.35. The molecular formula is C13H22N2O. The van der Waals surface area contributed by atoms with Crippen LogP contribution in [0.5, 0.6) is 0 Å². The number of carbonyl (C=O) groups is 1. The van der Waals surface area contributed by atoms with Gasteiger partial charge in [0.15, 0.2) is 0 Å². The quantitative estimate of drug-likeness (QED) is 0.487. The lowest BCUT2D eigenvalue weighted by Crippen LogP contribution is -2.41. The maximum absolute atomic E-state index is 11.6. The summed E-state index contributed by atoms with van der Waals surface area (Å²) in [4.78, 5) is 11.6. The highest BCUT2D eigenvalue weighted by Gasteiger charge is 2.13. The van der Waals surface area contributed by atoms with E-state index in [-0.39, 0.29) is 5.91 Å². The number of allylic oxidation sites excluding steroid dienone is 3. The molecule has 0 aromatic heterocycles. The first kappa shape index (κ1) is 14.6. The van der Waals surface area contributed by atoms with Crippen LogP contribution in [0.2, 0.25) is 0 Å². The van der Waals surface area contributed by atoms with Crippen LogP contribution in [0.3, 0.4) is 0 Å². The second-order valence-corrected chi connectivity index (χ2v) is 3.64. The normalized spacial score (nSPS) is 13.0. The minimum atomic E-state index is -0.513. The summed E-state index contributed by atoms with van der Waals surface area (Å²) in [6.45, 7) is 10.0. The molecule has 1 amide bonds. The zero-order valence-corrected chi connectivity index (χ0v) is 10.0. The highest BCUT2D eigenvalue weighted by atomic mass is 16.2. The van der Waals surface area contributed by atoms with Gasteiger partial charge in [0.05, 0.1) is 6.04 Å². The molecule has 3 heteroatoms. The monoisotopic (exact) mass is 222 g/mol. The van der Waals surface area contributed by atoms with Crippen molar-refractivity contribution in [3.63, 3.8) is 0 Å². The van der Waals surface area contributed by atoms with E-state index in [1.54, 1.807) is 12.2 Å². The van der Waals surface area contributed by atoms with E-state index in [1.807, 2.05) is 6.08 Å². The molecule has 1 atom stereocenters. The van der Waals surface area contributed by atoms with Gasteiger partial charge in [-0.15, -0.1) is 0 Å². The fraction of sp³-hybridized carbons (Fsp3) is 0.462. The molecule has 3 N–H and O–H groups in total. The number of rotatable bonds is 8. The number of nitrogens with one attached hydrogen (secondary N) is 1. The van der Waals surface area contributed by atoms with E-state index in [4.69, 9.17) is 5.73 Å². The zero-order chi connectivity index (χ0) is 12.4. The summed E-state index contributed by atoms with van der Waals surface area (Å²) in [5.74, 6) is -0.106. The predicted molar refractivity (Wildman–Crippen MR) is 69.0 cm³/mol. The molecule has 0 radical (unpaired) electrons. The molecule has 0 aliphatic carbocycles. The van der Waals surface area contributed by atoms with Crippen LogP contribution in [0.25, 0.3) is 0 Å². The van der Waals surface area contributed by atoms with Gasteiger partial charge in [0.25, 0.3) is 0 Å². The average molecular weight is 222 g/mol. The van der Waals surface area contributed by atoms with Gasteiger partial charge in [-0.1, -0.05) is 44.7 Å². The molecule has 0 aromatic rings. The van der Waals surface area contributed by atoms with Crippen LogP contribution in [0.1, 0.15) is 26.2 Å². The Bertz CT molecular complexity index is 269. The van der Waals surface area contributed by atoms with Gasteiger partial charge in [-0.2, -0.15) is 0 Å². The third kappa shape index (κ3) is 6.19. The minimum Gasteiger partial charge on any atom is -0.355 e. The number of nitrogens with two attached hydrogens (primary N) is 1. The first-order valence-electron chi connectivity index (χ1n) is 5.63. The Labute approximate surface area is 98.1 Å². The van der Waals surface area contributed by atoms with Crippen LogP contribution in [-0.4, -0.2) is 18.5 Å². The molecule has 0 saturated heterocycles. The Morgan fingerprint density at radius 2 is 2.19 bits per heavy atom. The third-order valence-electron chi connectivity index (χ3n) is 2.22. The topological polar surface area (TPSA) is 55.1 Å². The molecule has 0 aliphatic heterocycles. The molecule has 16 heavy (non-hydrogen) atoms. The van der Waals surface area contributed by atoms with Gasteiger partial charge in [0.1, 0.15) is 0 Å². The van der Waals surface area contributed by atoms with Gasteiger partial charge < -0.3 is 11.1 Å². The lowest BCUT2D eigenvalue weighted by Gasteiger charge is -2.12. The third-order valence-corrected chi connectivity index (χ3v) is 2.22. The van der Waals surface area contributed by atoms with Crippen LogP contribution >= 0.6 is 0 Å². The predicted octanol–water partition coefficient (Wildman–Crippen LogP) is 1.92. The SMILES string of the molecule is C=C/C=C(\C=C)CC(N)C(=O)NCCCC. The van der Waals surface area contributed by atoms with Crippen molar-refractivity contribution in [2.75, 3.05) is 6.54 Å². The number of hydrogen-bond donors (Lipinski definition) is 2. The van der Waals surface area contributed by atoms with Crippen molar-refractivity contribution in [2.24, 2.45) is 5.73 Å². The second-order valence-electron chi connectivity index (χ2n) is 3.64. The first-order valence-corrected chi connectivity index (χ1v) is 5.63. The molecule has 0 spiro atoms. The molecule has 0 aromatic carbocycles. The maximum Gasteiger partial charge on any atom is 0.237 e. The lowest BCUT2D eigenvalue weighted by atomic mass is 10.1. The smallest absolute Gasteiger partial charge is 0.237 e. The maximum atomic E-state index is 11.6. The van der Waals surface area contributed by atoms with Gasteiger partial charge in [-0.25, -0.2) is 0 Å². The van der Waals surface area contributed by atoms with Gasteiger partial charge in [-0.05, 0) is 18.4 Å². The van der Waals surface area contributed by atoms with Crippen molar-refractivity contribution >= 4 is 5.91 Å². The van der Waals surface area contributed by atoms with E-state index >= 15 is 0 Å². The van der Waals surface area contributed by atoms with Crippen molar-refractivity contribution in [1.82, 2.24) is 5.32 Å². The molecule has 90 valence electrons. The molecule has 0 rings (SSSR count). The van der Waals surface area contributed by atoms with Crippen molar-refractivity contribution < 1.29 is 4.79 Å². The van der Waals surface area contributed by atoms with Gasteiger partial charge >= 0.3 is 0 Å². The average Bonchev–Trinajstić information content (AvgIpc) is 2.28. The van der Waals surface area contributed by atoms with Crippen LogP contribution < -0.4 is 11.1 Å². The standard InChI is InChI=1S/C13H22N2O/c1-4-7-9-15-13(16)12(14)10-11(6-3)8-5-2/h5-6,8,12H,2-4,7,9-10,14H2,1H3,(H,15,16)/b11-8+. The summed E-state index contributed by atoms with van der Waals surface area (Å²) >= 11 is 0. The summed E-state index contributed by atoms with van der Waals surface area (Å²) in [5, 5.41) is 2.80. The van der Waals surface area contributed by atoms with E-state index in [1.165, 1.54) is 0 Å². The Balaban J connectivity index is 4.07. The zero-order valence-electron chi connectivity index (χ0n) is 10.0. The highest BCUT2D eigenvalue weighted by Crippen LogP contribution is 2.05. The van der Waals surface area contributed by atoms with E-state index in [9.17, 15) is 4.79 Å². The summed E-state index contributed by atoms with van der Waals surface area (Å²) in [7, 11) is 0. The van der Waals surface area contributed by atoms with Crippen molar-refractivity contribution in [3.8, 4) is 0 Å². The van der Waals surface area contributed by atoms with Crippen molar-refractivity contribution in [1.29, 1.82) is 0 Å². The molecule has 0 bridgehead atoms. The molecule has 0 saturated carbocycles. The number of amides is 1. The van der Waals surface area contributed by atoms with Gasteiger partial charge in [0.2, 0.25) is 5.91 Å². The summed E-state index contributed by atoms with van der Waals surface area (Å²) in [6, 6.07) is -0.513. The van der Waals surface area contributed by atoms with E-state index < -0.39 is 6.04 Å². The number of carbonyl (C=O) groups excluding carboxylic acids is 1. The van der Waals surface area contributed by atoms with Gasteiger partial charge in [-0.3, -0.25) is 4.79 Å². The van der Waals surface area contributed by atoms with Crippen LogP contribution in [0.15, 0.2) is 37.0 Å². The fourth-order valence-electron chi connectivity index (χ4n) is 1.24. The Morgan fingerprint density at radius 1 is 1.50 bits per heavy atom. The fourth-order valence-corrected chi connectivity index (χ4v) is 1.24. The van der Waals surface area contributed by atoms with Crippen molar-refractivity contribution in [3.05, 3.63) is 37.0 Å². The largest absolute Gasteiger partial charge is 0.355 e. The summed E-state index contributed by atoms with van der Waals surface area (Å²) < 4.78 is 0. The van der Waals surface area contributed by atoms with E-state index in [0.29, 0.717) is 13.0 Å². The summed E-state index contributed by atoms with van der Waals surface area (Å²) in [5.41, 5.74) is 6.70.